The molecule has 25 heavy (non-hydrogen) atoms. The van der Waals surface area contributed by atoms with E-state index < -0.39 is 0 Å². The predicted octanol–water partition coefficient (Wildman–Crippen LogP) is 4.29. The smallest absolute Gasteiger partial charge is 0.195 e. The van der Waals surface area contributed by atoms with Crippen molar-refractivity contribution >= 4 is 11.6 Å². The van der Waals surface area contributed by atoms with Gasteiger partial charge in [-0.1, -0.05) is 60.7 Å². The topological polar surface area (TPSA) is 39.1 Å². The van der Waals surface area contributed by atoms with Crippen molar-refractivity contribution in [2.75, 3.05) is 0 Å². The Morgan fingerprint density at radius 3 is 2.00 bits per heavy atom. The molecule has 1 aliphatic rings. The number of nitrogens with zero attached hydrogens (tertiary/aromatic N) is 1. The quantitative estimate of drug-likeness (QED) is 0.670. The molecule has 2 heterocycles. The molecule has 0 saturated heterocycles. The minimum absolute atomic E-state index is 0.0597. The third kappa shape index (κ3) is 2.82. The minimum Gasteiger partial charge on any atom is -0.350 e. The number of carbonyl (C=O) groups is 2. The predicted molar refractivity (Wildman–Crippen MR) is 97.1 cm³/mol. The summed E-state index contributed by atoms with van der Waals surface area (Å²) in [6.45, 7) is 0.868. The highest BCUT2D eigenvalue weighted by Gasteiger charge is 2.28. The van der Waals surface area contributed by atoms with E-state index in [1.165, 1.54) is 0 Å². The number of fused-ring (bicyclic) bond motifs is 1. The second-order valence-corrected chi connectivity index (χ2v) is 6.41. The summed E-state index contributed by atoms with van der Waals surface area (Å²) in [5.41, 5.74) is 3.35. The summed E-state index contributed by atoms with van der Waals surface area (Å²) in [5, 5.41) is 0. The van der Waals surface area contributed by atoms with Crippen molar-refractivity contribution in [3.63, 3.8) is 0 Å². The molecule has 1 aliphatic heterocycles. The van der Waals surface area contributed by atoms with Gasteiger partial charge in [-0.15, -0.1) is 0 Å². The zero-order valence-corrected chi connectivity index (χ0v) is 13.9. The van der Waals surface area contributed by atoms with Crippen molar-refractivity contribution in [3.8, 4) is 0 Å². The number of hydrogen-bond donors (Lipinski definition) is 0. The van der Waals surface area contributed by atoms with Crippen LogP contribution in [0.4, 0.5) is 0 Å². The first-order chi connectivity index (χ1) is 12.3. The second kappa shape index (κ2) is 6.52. The van der Waals surface area contributed by atoms with E-state index in [-0.39, 0.29) is 11.6 Å². The summed E-state index contributed by atoms with van der Waals surface area (Å²) < 4.78 is 2.09. The van der Waals surface area contributed by atoms with Crippen molar-refractivity contribution in [2.45, 2.75) is 25.8 Å². The van der Waals surface area contributed by atoms with Crippen LogP contribution in [0.3, 0.4) is 0 Å². The van der Waals surface area contributed by atoms with Gasteiger partial charge in [-0.3, -0.25) is 9.59 Å². The van der Waals surface area contributed by atoms with E-state index in [1.54, 1.807) is 12.1 Å². The van der Waals surface area contributed by atoms with Crippen molar-refractivity contribution < 1.29 is 9.59 Å². The number of carbonyl (C=O) groups excluding carboxylic acids is 2. The van der Waals surface area contributed by atoms with Crippen LogP contribution in [0.5, 0.6) is 0 Å². The SMILES string of the molecule is O=C(c1ccccc1)c1cn2c(c1C(=O)c1ccccc1)CCCC2. The van der Waals surface area contributed by atoms with Gasteiger partial charge in [-0.25, -0.2) is 0 Å². The maximum Gasteiger partial charge on any atom is 0.195 e. The maximum absolute atomic E-state index is 13.2. The Morgan fingerprint density at radius 1 is 0.760 bits per heavy atom. The van der Waals surface area contributed by atoms with E-state index in [4.69, 9.17) is 0 Å². The number of hydrogen-bond acceptors (Lipinski definition) is 2. The van der Waals surface area contributed by atoms with Gasteiger partial charge in [-0.05, 0) is 19.3 Å². The van der Waals surface area contributed by atoms with Crippen LogP contribution in [0.2, 0.25) is 0 Å². The molecular weight excluding hydrogens is 310 g/mol. The van der Waals surface area contributed by atoms with Crippen LogP contribution >= 0.6 is 0 Å². The molecule has 0 radical (unpaired) electrons. The lowest BCUT2D eigenvalue weighted by Crippen LogP contribution is -2.14. The fourth-order valence-electron chi connectivity index (χ4n) is 3.54. The van der Waals surface area contributed by atoms with E-state index >= 15 is 0 Å². The average molecular weight is 329 g/mol. The summed E-state index contributed by atoms with van der Waals surface area (Å²) in [7, 11) is 0. The van der Waals surface area contributed by atoms with Gasteiger partial charge in [0.1, 0.15) is 0 Å². The number of ketones is 2. The van der Waals surface area contributed by atoms with E-state index in [0.29, 0.717) is 22.3 Å². The van der Waals surface area contributed by atoms with Gasteiger partial charge in [0, 0.05) is 29.6 Å². The molecule has 0 N–H and O–H groups in total. The molecule has 124 valence electrons. The Hall–Kier alpha value is -2.94. The molecule has 4 rings (SSSR count). The number of rotatable bonds is 4. The second-order valence-electron chi connectivity index (χ2n) is 6.41. The standard InChI is InChI=1S/C22H19NO2/c24-21(16-9-3-1-4-10-16)18-15-23-14-8-7-13-19(23)20(18)22(25)17-11-5-2-6-12-17/h1-6,9-12,15H,7-8,13-14H2. The van der Waals surface area contributed by atoms with E-state index in [2.05, 4.69) is 4.57 Å². The Labute approximate surface area is 146 Å². The third-order valence-corrected chi connectivity index (χ3v) is 4.80. The largest absolute Gasteiger partial charge is 0.350 e. The Morgan fingerprint density at radius 2 is 1.36 bits per heavy atom. The van der Waals surface area contributed by atoms with Gasteiger partial charge in [0.05, 0.1) is 11.1 Å². The Bertz CT molecular complexity index is 923. The Balaban J connectivity index is 1.86. The van der Waals surface area contributed by atoms with Crippen LogP contribution in [0.1, 0.15) is 50.4 Å². The molecule has 0 unspecified atom stereocenters. The first-order valence-electron chi connectivity index (χ1n) is 8.67. The van der Waals surface area contributed by atoms with Crippen molar-refractivity contribution in [3.05, 3.63) is 94.8 Å². The van der Waals surface area contributed by atoms with Crippen LogP contribution in [0.25, 0.3) is 0 Å². The first kappa shape index (κ1) is 15.6. The molecule has 0 amide bonds. The lowest BCUT2D eigenvalue weighted by Gasteiger charge is -2.16. The van der Waals surface area contributed by atoms with Gasteiger partial charge in [0.2, 0.25) is 0 Å². The molecule has 2 aromatic carbocycles. The molecule has 3 heteroatoms. The maximum atomic E-state index is 13.2. The van der Waals surface area contributed by atoms with E-state index in [1.807, 2.05) is 54.7 Å². The molecule has 1 aromatic heterocycles. The fourth-order valence-corrected chi connectivity index (χ4v) is 3.54. The fraction of sp³-hybridized carbons (Fsp3) is 0.182. The van der Waals surface area contributed by atoms with Gasteiger partial charge < -0.3 is 4.57 Å². The normalized spacial score (nSPS) is 13.3. The highest BCUT2D eigenvalue weighted by Crippen LogP contribution is 2.28. The third-order valence-electron chi connectivity index (χ3n) is 4.80. The van der Waals surface area contributed by atoms with Crippen LogP contribution in [-0.2, 0) is 13.0 Å². The number of aryl methyl sites for hydroxylation is 1. The molecule has 0 fully saturated rings. The van der Waals surface area contributed by atoms with Gasteiger partial charge >= 0.3 is 0 Å². The lowest BCUT2D eigenvalue weighted by atomic mass is 9.93. The molecule has 0 saturated carbocycles. The minimum atomic E-state index is -0.0817. The van der Waals surface area contributed by atoms with Crippen molar-refractivity contribution in [1.82, 2.24) is 4.57 Å². The molecular formula is C22H19NO2. The first-order valence-corrected chi connectivity index (χ1v) is 8.67. The van der Waals surface area contributed by atoms with E-state index in [9.17, 15) is 9.59 Å². The summed E-state index contributed by atoms with van der Waals surface area (Å²) >= 11 is 0. The van der Waals surface area contributed by atoms with Crippen LogP contribution < -0.4 is 0 Å². The lowest BCUT2D eigenvalue weighted by molar-refractivity contribution is 0.100. The van der Waals surface area contributed by atoms with Crippen LogP contribution in [0, 0.1) is 0 Å². The van der Waals surface area contributed by atoms with Crippen LogP contribution in [0.15, 0.2) is 66.9 Å². The average Bonchev–Trinajstić information content (AvgIpc) is 3.07. The highest BCUT2D eigenvalue weighted by atomic mass is 16.1. The molecule has 0 spiro atoms. The van der Waals surface area contributed by atoms with E-state index in [0.717, 1.165) is 31.5 Å². The van der Waals surface area contributed by atoms with Gasteiger partial charge in [0.15, 0.2) is 11.6 Å². The number of aromatic nitrogens is 1. The highest BCUT2D eigenvalue weighted by molar-refractivity contribution is 6.20. The zero-order valence-electron chi connectivity index (χ0n) is 13.9. The molecule has 0 aliphatic carbocycles. The van der Waals surface area contributed by atoms with Gasteiger partial charge in [-0.2, -0.15) is 0 Å². The molecule has 0 atom stereocenters. The summed E-state index contributed by atoms with van der Waals surface area (Å²) in [6, 6.07) is 18.4. The molecule has 3 nitrogen and oxygen atoms in total. The number of benzene rings is 2. The zero-order chi connectivity index (χ0) is 17.2. The summed E-state index contributed by atoms with van der Waals surface area (Å²) in [5.74, 6) is -0.141. The molecule has 0 bridgehead atoms. The van der Waals surface area contributed by atoms with Crippen LogP contribution in [-0.4, -0.2) is 16.1 Å². The monoisotopic (exact) mass is 329 g/mol. The van der Waals surface area contributed by atoms with Gasteiger partial charge in [0.25, 0.3) is 0 Å². The summed E-state index contributed by atoms with van der Waals surface area (Å²) in [4.78, 5) is 26.2. The van der Waals surface area contributed by atoms with Crippen molar-refractivity contribution in [2.24, 2.45) is 0 Å². The van der Waals surface area contributed by atoms with Crippen molar-refractivity contribution in [1.29, 1.82) is 0 Å². The summed E-state index contributed by atoms with van der Waals surface area (Å²) in [6.07, 6.45) is 4.85. The Kier molecular flexibility index (Phi) is 4.06. The molecule has 3 aromatic rings.